The minimum absolute atomic E-state index is 0.0138. The highest BCUT2D eigenvalue weighted by atomic mass is 16.1. The summed E-state index contributed by atoms with van der Waals surface area (Å²) in [4.78, 5) is 15.3. The van der Waals surface area contributed by atoms with Gasteiger partial charge < -0.3 is 16.4 Å². The number of nitrogens with one attached hydrogen (secondary N) is 2. The van der Waals surface area contributed by atoms with Crippen molar-refractivity contribution in [1.29, 1.82) is 0 Å². The molecule has 0 saturated heterocycles. The van der Waals surface area contributed by atoms with Gasteiger partial charge >= 0.3 is 0 Å². The molecule has 0 atom stereocenters. The molecule has 4 N–H and O–H groups in total. The largest absolute Gasteiger partial charge is 0.396 e. The molecule has 5 heteroatoms. The second kappa shape index (κ2) is 5.95. The quantitative estimate of drug-likeness (QED) is 0.645. The summed E-state index contributed by atoms with van der Waals surface area (Å²) in [7, 11) is 0. The topological polar surface area (TPSA) is 80.0 Å². The van der Waals surface area contributed by atoms with Crippen molar-refractivity contribution in [2.24, 2.45) is 5.92 Å². The Labute approximate surface area is 95.4 Å². The Morgan fingerprint density at radius 2 is 2.25 bits per heavy atom. The number of carbonyl (C=O) groups excluding carboxylic acids is 1. The molecular weight excluding hydrogens is 204 g/mol. The molecule has 0 radical (unpaired) electrons. The average molecular weight is 222 g/mol. The normalized spacial score (nSPS) is 10.2. The summed E-state index contributed by atoms with van der Waals surface area (Å²) in [6, 6.07) is 3.56. The van der Waals surface area contributed by atoms with Gasteiger partial charge in [-0.2, -0.15) is 0 Å². The van der Waals surface area contributed by atoms with E-state index in [-0.39, 0.29) is 11.8 Å². The third-order valence-corrected chi connectivity index (χ3v) is 2.08. The molecule has 0 saturated carbocycles. The predicted molar refractivity (Wildman–Crippen MR) is 65.0 cm³/mol. The third kappa shape index (κ3) is 3.76. The van der Waals surface area contributed by atoms with Crippen LogP contribution in [0.25, 0.3) is 0 Å². The zero-order valence-corrected chi connectivity index (χ0v) is 9.66. The van der Waals surface area contributed by atoms with Crippen LogP contribution in [0.1, 0.15) is 13.8 Å². The Bertz CT molecular complexity index is 352. The van der Waals surface area contributed by atoms with Crippen molar-refractivity contribution in [3.05, 3.63) is 18.3 Å². The SMILES string of the molecule is CC(C)C(=O)NCCNc1ncccc1N. The van der Waals surface area contributed by atoms with Gasteiger partial charge in [0, 0.05) is 25.2 Å². The van der Waals surface area contributed by atoms with Crippen molar-refractivity contribution in [3.8, 4) is 0 Å². The van der Waals surface area contributed by atoms with Gasteiger partial charge in [-0.05, 0) is 12.1 Å². The molecule has 88 valence electrons. The predicted octanol–water partition coefficient (Wildman–Crippen LogP) is 0.848. The van der Waals surface area contributed by atoms with Crippen LogP contribution in [0.2, 0.25) is 0 Å². The van der Waals surface area contributed by atoms with E-state index in [4.69, 9.17) is 5.73 Å². The molecule has 1 aromatic heterocycles. The van der Waals surface area contributed by atoms with Crippen LogP contribution in [-0.4, -0.2) is 24.0 Å². The molecule has 1 rings (SSSR count). The first-order valence-electron chi connectivity index (χ1n) is 5.33. The molecule has 0 unspecified atom stereocenters. The number of pyridine rings is 1. The summed E-state index contributed by atoms with van der Waals surface area (Å²) in [6.45, 7) is 4.89. The molecule has 0 aliphatic carbocycles. The minimum Gasteiger partial charge on any atom is -0.396 e. The number of aromatic nitrogens is 1. The maximum Gasteiger partial charge on any atom is 0.222 e. The number of amides is 1. The van der Waals surface area contributed by atoms with Gasteiger partial charge in [0.05, 0.1) is 5.69 Å². The van der Waals surface area contributed by atoms with E-state index in [0.29, 0.717) is 24.6 Å². The van der Waals surface area contributed by atoms with Crippen LogP contribution >= 0.6 is 0 Å². The molecule has 5 nitrogen and oxygen atoms in total. The Morgan fingerprint density at radius 3 is 2.88 bits per heavy atom. The van der Waals surface area contributed by atoms with E-state index < -0.39 is 0 Å². The Hall–Kier alpha value is -1.78. The highest BCUT2D eigenvalue weighted by Crippen LogP contribution is 2.11. The molecule has 1 aromatic rings. The molecule has 0 spiro atoms. The molecule has 0 fully saturated rings. The van der Waals surface area contributed by atoms with E-state index in [9.17, 15) is 4.79 Å². The van der Waals surface area contributed by atoms with Gasteiger partial charge in [-0.1, -0.05) is 13.8 Å². The van der Waals surface area contributed by atoms with Gasteiger partial charge in [-0.15, -0.1) is 0 Å². The van der Waals surface area contributed by atoms with Crippen LogP contribution in [0, 0.1) is 5.92 Å². The van der Waals surface area contributed by atoms with Crippen LogP contribution < -0.4 is 16.4 Å². The summed E-state index contributed by atoms with van der Waals surface area (Å²) in [5, 5.41) is 5.86. The van der Waals surface area contributed by atoms with E-state index in [0.717, 1.165) is 0 Å². The summed E-state index contributed by atoms with van der Waals surface area (Å²) in [6.07, 6.45) is 1.67. The Morgan fingerprint density at radius 1 is 1.50 bits per heavy atom. The monoisotopic (exact) mass is 222 g/mol. The third-order valence-electron chi connectivity index (χ3n) is 2.08. The van der Waals surface area contributed by atoms with E-state index in [1.807, 2.05) is 13.8 Å². The number of hydrogen-bond donors (Lipinski definition) is 3. The first-order valence-corrected chi connectivity index (χ1v) is 5.33. The molecule has 0 aliphatic rings. The Balaban J connectivity index is 2.26. The van der Waals surface area contributed by atoms with Crippen molar-refractivity contribution in [2.45, 2.75) is 13.8 Å². The fraction of sp³-hybridized carbons (Fsp3) is 0.455. The van der Waals surface area contributed by atoms with Crippen LogP contribution in [0.5, 0.6) is 0 Å². The Kier molecular flexibility index (Phi) is 4.57. The molecule has 0 bridgehead atoms. The van der Waals surface area contributed by atoms with Crippen molar-refractivity contribution in [1.82, 2.24) is 10.3 Å². The highest BCUT2D eigenvalue weighted by Gasteiger charge is 2.05. The lowest BCUT2D eigenvalue weighted by Crippen LogP contribution is -2.32. The van der Waals surface area contributed by atoms with Crippen molar-refractivity contribution in [3.63, 3.8) is 0 Å². The van der Waals surface area contributed by atoms with E-state index in [1.54, 1.807) is 18.3 Å². The summed E-state index contributed by atoms with van der Waals surface area (Å²) in [5.74, 6) is 0.719. The van der Waals surface area contributed by atoms with Crippen LogP contribution in [0.3, 0.4) is 0 Å². The lowest BCUT2D eigenvalue weighted by Gasteiger charge is -2.10. The second-order valence-corrected chi connectivity index (χ2v) is 3.81. The minimum atomic E-state index is 0.0138. The van der Waals surface area contributed by atoms with Gasteiger partial charge in [0.1, 0.15) is 5.82 Å². The van der Waals surface area contributed by atoms with Gasteiger partial charge in [-0.3, -0.25) is 4.79 Å². The zero-order chi connectivity index (χ0) is 12.0. The van der Waals surface area contributed by atoms with Gasteiger partial charge in [0.15, 0.2) is 0 Å². The fourth-order valence-electron chi connectivity index (χ4n) is 1.14. The van der Waals surface area contributed by atoms with Crippen molar-refractivity contribution in [2.75, 3.05) is 24.1 Å². The summed E-state index contributed by atoms with van der Waals surface area (Å²) < 4.78 is 0. The number of nitrogen functional groups attached to an aromatic ring is 1. The van der Waals surface area contributed by atoms with E-state index >= 15 is 0 Å². The maximum absolute atomic E-state index is 11.2. The zero-order valence-electron chi connectivity index (χ0n) is 9.66. The van der Waals surface area contributed by atoms with E-state index in [1.165, 1.54) is 0 Å². The second-order valence-electron chi connectivity index (χ2n) is 3.81. The van der Waals surface area contributed by atoms with Crippen molar-refractivity contribution >= 4 is 17.4 Å². The number of hydrogen-bond acceptors (Lipinski definition) is 4. The molecular formula is C11H18N4O. The van der Waals surface area contributed by atoms with Crippen molar-refractivity contribution < 1.29 is 4.79 Å². The smallest absolute Gasteiger partial charge is 0.222 e. The molecule has 16 heavy (non-hydrogen) atoms. The van der Waals surface area contributed by atoms with E-state index in [2.05, 4.69) is 15.6 Å². The molecule has 1 heterocycles. The molecule has 0 aliphatic heterocycles. The van der Waals surface area contributed by atoms with Crippen LogP contribution in [0.4, 0.5) is 11.5 Å². The highest BCUT2D eigenvalue weighted by molar-refractivity contribution is 5.77. The molecule has 0 aromatic carbocycles. The standard InChI is InChI=1S/C11H18N4O/c1-8(2)11(16)15-7-6-14-10-9(12)4-3-5-13-10/h3-5,8H,6-7,12H2,1-2H3,(H,13,14)(H,15,16). The first kappa shape index (κ1) is 12.3. The first-order chi connectivity index (χ1) is 7.61. The number of nitrogens with zero attached hydrogens (tertiary/aromatic N) is 1. The lowest BCUT2D eigenvalue weighted by atomic mass is 10.2. The van der Waals surface area contributed by atoms with Gasteiger partial charge in [-0.25, -0.2) is 4.98 Å². The van der Waals surface area contributed by atoms with Crippen LogP contribution in [-0.2, 0) is 4.79 Å². The number of anilines is 2. The lowest BCUT2D eigenvalue weighted by molar-refractivity contribution is -0.123. The van der Waals surface area contributed by atoms with Gasteiger partial charge in [0.25, 0.3) is 0 Å². The number of nitrogens with two attached hydrogens (primary N) is 1. The summed E-state index contributed by atoms with van der Waals surface area (Å²) in [5.41, 5.74) is 6.31. The number of rotatable bonds is 5. The summed E-state index contributed by atoms with van der Waals surface area (Å²) >= 11 is 0. The maximum atomic E-state index is 11.2. The van der Waals surface area contributed by atoms with Crippen LogP contribution in [0.15, 0.2) is 18.3 Å². The molecule has 1 amide bonds. The fourth-order valence-corrected chi connectivity index (χ4v) is 1.14. The van der Waals surface area contributed by atoms with Gasteiger partial charge in [0.2, 0.25) is 5.91 Å². The average Bonchev–Trinajstić information content (AvgIpc) is 2.26. The number of carbonyl (C=O) groups is 1.